The Hall–Kier alpha value is -4.19. The van der Waals surface area contributed by atoms with E-state index in [-0.39, 0.29) is 29.2 Å². The Morgan fingerprint density at radius 3 is 2.35 bits per heavy atom. The maximum atomic E-state index is 13.6. The molecular formula is C28H29F3N6O3. The molecule has 0 unspecified atom stereocenters. The predicted molar refractivity (Wildman–Crippen MR) is 143 cm³/mol. The average molecular weight is 555 g/mol. The lowest BCUT2D eigenvalue weighted by molar-refractivity contribution is -0.137. The monoisotopic (exact) mass is 554 g/mol. The molecule has 3 amide bonds. The number of ether oxygens (including phenoxy) is 1. The van der Waals surface area contributed by atoms with Gasteiger partial charge in [0, 0.05) is 23.9 Å². The highest BCUT2D eigenvalue weighted by Gasteiger charge is 2.33. The molecule has 0 radical (unpaired) electrons. The third-order valence-corrected chi connectivity index (χ3v) is 6.87. The lowest BCUT2D eigenvalue weighted by Crippen LogP contribution is -2.29. The third-order valence-electron chi connectivity index (χ3n) is 6.87. The van der Waals surface area contributed by atoms with Crippen molar-refractivity contribution in [2.75, 3.05) is 36.1 Å². The Bertz CT molecular complexity index is 1370. The van der Waals surface area contributed by atoms with Crippen LogP contribution in [0.2, 0.25) is 0 Å². The van der Waals surface area contributed by atoms with E-state index in [0.717, 1.165) is 44.8 Å². The number of aromatic nitrogens is 2. The summed E-state index contributed by atoms with van der Waals surface area (Å²) in [5, 5.41) is 7.79. The summed E-state index contributed by atoms with van der Waals surface area (Å²) in [4.78, 5) is 35.0. The molecule has 1 saturated heterocycles. The summed E-state index contributed by atoms with van der Waals surface area (Å²) in [6.45, 7) is 1.60. The molecule has 1 aliphatic carbocycles. The van der Waals surface area contributed by atoms with E-state index in [4.69, 9.17) is 4.74 Å². The van der Waals surface area contributed by atoms with E-state index < -0.39 is 17.8 Å². The lowest BCUT2D eigenvalue weighted by atomic mass is 9.88. The molecule has 40 heavy (non-hydrogen) atoms. The molecule has 0 atom stereocenters. The van der Waals surface area contributed by atoms with Crippen LogP contribution in [0.4, 0.5) is 35.3 Å². The van der Waals surface area contributed by atoms with Gasteiger partial charge < -0.3 is 20.3 Å². The molecule has 2 aromatic heterocycles. The van der Waals surface area contributed by atoms with Crippen LogP contribution in [0.1, 0.15) is 42.7 Å². The molecule has 2 aliphatic rings. The largest absolute Gasteiger partial charge is 0.456 e. The summed E-state index contributed by atoms with van der Waals surface area (Å²) in [6.07, 6.45) is 1.62. The van der Waals surface area contributed by atoms with Gasteiger partial charge in [0.2, 0.25) is 5.91 Å². The molecule has 3 N–H and O–H groups in total. The molecule has 1 aliphatic heterocycles. The zero-order valence-corrected chi connectivity index (χ0v) is 21.8. The summed E-state index contributed by atoms with van der Waals surface area (Å²) in [7, 11) is 1.98. The maximum Gasteiger partial charge on any atom is 0.416 e. The smallest absolute Gasteiger partial charge is 0.416 e. The van der Waals surface area contributed by atoms with Gasteiger partial charge in [0.1, 0.15) is 23.1 Å². The normalized spacial score (nSPS) is 16.3. The fraction of sp³-hybridized carbons (Fsp3) is 0.357. The van der Waals surface area contributed by atoms with Crippen LogP contribution in [-0.2, 0) is 11.0 Å². The molecule has 0 spiro atoms. The molecule has 1 aromatic carbocycles. The van der Waals surface area contributed by atoms with Crippen molar-refractivity contribution in [2.45, 2.75) is 37.8 Å². The van der Waals surface area contributed by atoms with Crippen LogP contribution in [0.5, 0.6) is 11.5 Å². The van der Waals surface area contributed by atoms with Crippen molar-refractivity contribution in [2.24, 2.45) is 5.92 Å². The molecule has 2 fully saturated rings. The van der Waals surface area contributed by atoms with Crippen molar-refractivity contribution in [3.8, 4) is 11.5 Å². The van der Waals surface area contributed by atoms with Crippen molar-refractivity contribution in [3.63, 3.8) is 0 Å². The molecule has 1 saturated carbocycles. The Morgan fingerprint density at radius 2 is 1.68 bits per heavy atom. The van der Waals surface area contributed by atoms with Gasteiger partial charge in [-0.25, -0.2) is 14.8 Å². The van der Waals surface area contributed by atoms with Gasteiger partial charge in [-0.15, -0.1) is 0 Å². The lowest BCUT2D eigenvalue weighted by Gasteiger charge is -2.29. The van der Waals surface area contributed by atoms with Gasteiger partial charge in [-0.3, -0.25) is 10.1 Å². The molecule has 3 aromatic rings. The number of carbonyl (C=O) groups excluding carboxylic acids is 2. The van der Waals surface area contributed by atoms with Gasteiger partial charge >= 0.3 is 12.2 Å². The number of benzene rings is 1. The molecule has 3 heterocycles. The standard InChI is InChI=1S/C28H29F3N6O3/c1-37-10-7-17(8-11-37)19-12-20(28(29,30)31)14-21(13-19)34-27(39)36-24-5-4-23(16-33-24)40-22-6-9-32-25(15-22)35-26(38)18-2-3-18/h4-6,9,12-18H,2-3,7-8,10-11H2,1H3,(H,32,35,38)(H2,33,34,36,39). The minimum Gasteiger partial charge on any atom is -0.456 e. The van der Waals surface area contributed by atoms with Gasteiger partial charge in [0.05, 0.1) is 11.8 Å². The molecule has 0 bridgehead atoms. The fourth-order valence-electron chi connectivity index (χ4n) is 4.51. The van der Waals surface area contributed by atoms with Crippen molar-refractivity contribution in [1.29, 1.82) is 0 Å². The number of piperidine rings is 1. The van der Waals surface area contributed by atoms with Crippen LogP contribution in [0.25, 0.3) is 0 Å². The van der Waals surface area contributed by atoms with E-state index >= 15 is 0 Å². The van der Waals surface area contributed by atoms with Crippen LogP contribution in [-0.4, -0.2) is 46.9 Å². The number of rotatable bonds is 7. The first-order valence-corrected chi connectivity index (χ1v) is 13.0. The van der Waals surface area contributed by atoms with Crippen LogP contribution in [0.15, 0.2) is 54.9 Å². The average Bonchev–Trinajstić information content (AvgIpc) is 3.76. The van der Waals surface area contributed by atoms with Crippen molar-refractivity contribution in [3.05, 3.63) is 66.0 Å². The van der Waals surface area contributed by atoms with E-state index in [2.05, 4.69) is 30.8 Å². The topological polar surface area (TPSA) is 108 Å². The van der Waals surface area contributed by atoms with Gasteiger partial charge in [-0.05, 0) is 93.7 Å². The number of likely N-dealkylation sites (tertiary alicyclic amines) is 1. The predicted octanol–water partition coefficient (Wildman–Crippen LogP) is 6.09. The highest BCUT2D eigenvalue weighted by molar-refractivity contribution is 5.99. The van der Waals surface area contributed by atoms with Crippen LogP contribution in [0.3, 0.4) is 0 Å². The Labute approximate surface area is 229 Å². The molecule has 12 heteroatoms. The zero-order chi connectivity index (χ0) is 28.3. The summed E-state index contributed by atoms with van der Waals surface area (Å²) in [6, 6.07) is 9.28. The first-order chi connectivity index (χ1) is 19.1. The number of halogens is 3. The number of hydrogen-bond donors (Lipinski definition) is 3. The van der Waals surface area contributed by atoms with Crippen LogP contribution in [0, 0.1) is 5.92 Å². The number of nitrogens with zero attached hydrogens (tertiary/aromatic N) is 3. The number of nitrogens with one attached hydrogen (secondary N) is 3. The Morgan fingerprint density at radius 1 is 0.900 bits per heavy atom. The van der Waals surface area contributed by atoms with Crippen molar-refractivity contribution < 1.29 is 27.5 Å². The van der Waals surface area contributed by atoms with Gasteiger partial charge in [-0.2, -0.15) is 13.2 Å². The van der Waals surface area contributed by atoms with Crippen molar-refractivity contribution in [1.82, 2.24) is 14.9 Å². The quantitative estimate of drug-likeness (QED) is 0.326. The Kier molecular flexibility index (Phi) is 7.88. The van der Waals surface area contributed by atoms with E-state index in [1.165, 1.54) is 24.5 Å². The number of urea groups is 1. The number of carbonyl (C=O) groups is 2. The second kappa shape index (κ2) is 11.5. The first-order valence-electron chi connectivity index (χ1n) is 13.0. The van der Waals surface area contributed by atoms with Crippen LogP contribution >= 0.6 is 0 Å². The minimum absolute atomic E-state index is 0.0118. The van der Waals surface area contributed by atoms with Crippen LogP contribution < -0.4 is 20.7 Å². The zero-order valence-electron chi connectivity index (χ0n) is 21.8. The second-order valence-electron chi connectivity index (χ2n) is 10.1. The molecule has 210 valence electrons. The number of hydrogen-bond acceptors (Lipinski definition) is 6. The Balaban J connectivity index is 1.21. The highest BCUT2D eigenvalue weighted by atomic mass is 19.4. The highest BCUT2D eigenvalue weighted by Crippen LogP contribution is 2.36. The summed E-state index contributed by atoms with van der Waals surface area (Å²) in [5.74, 6) is 1.34. The van der Waals surface area contributed by atoms with E-state index in [9.17, 15) is 22.8 Å². The number of amides is 3. The van der Waals surface area contributed by atoms with Gasteiger partial charge in [0.15, 0.2) is 0 Å². The minimum atomic E-state index is -4.54. The first kappa shape index (κ1) is 27.4. The van der Waals surface area contributed by atoms with Gasteiger partial charge in [0.25, 0.3) is 0 Å². The number of anilines is 3. The summed E-state index contributed by atoms with van der Waals surface area (Å²) < 4.78 is 46.5. The third kappa shape index (κ3) is 7.26. The molecular weight excluding hydrogens is 525 g/mol. The summed E-state index contributed by atoms with van der Waals surface area (Å²) in [5.41, 5.74) is -0.182. The van der Waals surface area contributed by atoms with E-state index in [1.54, 1.807) is 24.3 Å². The second-order valence-corrected chi connectivity index (χ2v) is 10.1. The molecule has 5 rings (SSSR count). The fourth-order valence-corrected chi connectivity index (χ4v) is 4.51. The molecule has 9 nitrogen and oxygen atoms in total. The number of pyridine rings is 2. The summed E-state index contributed by atoms with van der Waals surface area (Å²) >= 11 is 0. The van der Waals surface area contributed by atoms with Gasteiger partial charge in [-0.1, -0.05) is 0 Å². The number of alkyl halides is 3. The van der Waals surface area contributed by atoms with E-state index in [1.807, 2.05) is 7.05 Å². The SMILES string of the molecule is CN1CCC(c2cc(NC(=O)Nc3ccc(Oc4ccnc(NC(=O)C5CC5)c4)cn3)cc(C(F)(F)F)c2)CC1. The maximum absolute atomic E-state index is 13.6. The van der Waals surface area contributed by atoms with Crippen molar-refractivity contribution >= 4 is 29.3 Å². The van der Waals surface area contributed by atoms with E-state index in [0.29, 0.717) is 22.9 Å².